The second kappa shape index (κ2) is 10.4. The number of furan rings is 1. The Labute approximate surface area is 212 Å². The lowest BCUT2D eigenvalue weighted by Gasteiger charge is -2.18. The number of anilines is 1. The van der Waals surface area contributed by atoms with Gasteiger partial charge in [-0.3, -0.25) is 14.6 Å². The first kappa shape index (κ1) is 23.9. The number of amides is 2. The van der Waals surface area contributed by atoms with Gasteiger partial charge in [0.25, 0.3) is 5.91 Å². The molecular weight excluding hydrogens is 470 g/mol. The van der Waals surface area contributed by atoms with Crippen LogP contribution in [-0.4, -0.2) is 26.9 Å². The zero-order chi connectivity index (χ0) is 25.8. The normalized spacial score (nSPS) is 12.0. The number of aromatic nitrogens is 3. The molecule has 9 heteroatoms. The Balaban J connectivity index is 1.20. The fraction of sp³-hybridized carbons (Fsp3) is 0.179. The van der Waals surface area contributed by atoms with Gasteiger partial charge in [-0.05, 0) is 47.9 Å². The fourth-order valence-electron chi connectivity index (χ4n) is 3.89. The maximum Gasteiger partial charge on any atom is 0.291 e. The van der Waals surface area contributed by atoms with E-state index in [9.17, 15) is 9.59 Å². The molecule has 3 aromatic heterocycles. The number of nitrogens with zero attached hydrogens (tertiary/aromatic N) is 3. The molecule has 0 fully saturated rings. The smallest absolute Gasteiger partial charge is 0.291 e. The zero-order valence-electron chi connectivity index (χ0n) is 20.3. The molecule has 5 rings (SSSR count). The average Bonchev–Trinajstić information content (AvgIpc) is 3.57. The Morgan fingerprint density at radius 1 is 1.00 bits per heavy atom. The van der Waals surface area contributed by atoms with Crippen LogP contribution < -0.4 is 10.6 Å². The molecule has 1 atom stereocenters. The molecule has 0 bridgehead atoms. The van der Waals surface area contributed by atoms with E-state index in [1.807, 2.05) is 44.2 Å². The molecular formula is C28H25N5O4. The van der Waals surface area contributed by atoms with E-state index < -0.39 is 6.04 Å². The van der Waals surface area contributed by atoms with Crippen LogP contribution in [0.4, 0.5) is 5.69 Å². The van der Waals surface area contributed by atoms with E-state index >= 15 is 0 Å². The number of fused-ring (bicyclic) bond motifs is 1. The van der Waals surface area contributed by atoms with Crippen molar-refractivity contribution >= 4 is 28.5 Å². The van der Waals surface area contributed by atoms with Crippen LogP contribution in [0.15, 0.2) is 88.1 Å². The first-order chi connectivity index (χ1) is 18.0. The lowest BCUT2D eigenvalue weighted by atomic mass is 10.0. The minimum atomic E-state index is -0.437. The summed E-state index contributed by atoms with van der Waals surface area (Å²) in [5.74, 6) is 0.499. The van der Waals surface area contributed by atoms with Crippen molar-refractivity contribution in [3.05, 3.63) is 96.3 Å². The highest BCUT2D eigenvalue weighted by molar-refractivity contribution is 6.04. The quantitative estimate of drug-likeness (QED) is 0.304. The molecule has 37 heavy (non-hydrogen) atoms. The Bertz CT molecular complexity index is 1490. The van der Waals surface area contributed by atoms with Gasteiger partial charge in [0.05, 0.1) is 6.42 Å². The summed E-state index contributed by atoms with van der Waals surface area (Å²) in [6, 6.07) is 19.4. The van der Waals surface area contributed by atoms with E-state index in [-0.39, 0.29) is 29.9 Å². The number of pyridine rings is 1. The van der Waals surface area contributed by atoms with Crippen LogP contribution in [0.1, 0.15) is 41.9 Å². The van der Waals surface area contributed by atoms with Crippen LogP contribution >= 0.6 is 0 Å². The van der Waals surface area contributed by atoms with Gasteiger partial charge in [0.1, 0.15) is 11.6 Å². The van der Waals surface area contributed by atoms with Crippen LogP contribution in [0.25, 0.3) is 22.4 Å². The summed E-state index contributed by atoms with van der Waals surface area (Å²) in [6.07, 6.45) is 3.48. The third-order valence-corrected chi connectivity index (χ3v) is 5.84. The van der Waals surface area contributed by atoms with E-state index in [1.165, 1.54) is 0 Å². The number of rotatable bonds is 8. The van der Waals surface area contributed by atoms with E-state index in [2.05, 4.69) is 25.8 Å². The Morgan fingerprint density at radius 2 is 1.81 bits per heavy atom. The maximum atomic E-state index is 12.8. The highest BCUT2D eigenvalue weighted by Crippen LogP contribution is 2.24. The van der Waals surface area contributed by atoms with Gasteiger partial charge in [0.2, 0.25) is 17.6 Å². The first-order valence-corrected chi connectivity index (χ1v) is 11.9. The van der Waals surface area contributed by atoms with Gasteiger partial charge < -0.3 is 19.6 Å². The summed E-state index contributed by atoms with van der Waals surface area (Å²) in [5.41, 5.74) is 2.79. The van der Waals surface area contributed by atoms with Crippen molar-refractivity contribution in [2.24, 2.45) is 5.92 Å². The molecule has 1 unspecified atom stereocenters. The molecule has 5 aromatic rings. The third-order valence-electron chi connectivity index (χ3n) is 5.84. The highest BCUT2D eigenvalue weighted by atomic mass is 16.5. The number of carbonyl (C=O) groups excluding carboxylic acids is 2. The highest BCUT2D eigenvalue weighted by Gasteiger charge is 2.25. The second-order valence-corrected chi connectivity index (χ2v) is 8.96. The molecule has 0 spiro atoms. The van der Waals surface area contributed by atoms with Crippen molar-refractivity contribution in [3.63, 3.8) is 0 Å². The predicted molar refractivity (Wildman–Crippen MR) is 138 cm³/mol. The second-order valence-electron chi connectivity index (χ2n) is 8.96. The molecule has 0 radical (unpaired) electrons. The fourth-order valence-corrected chi connectivity index (χ4v) is 3.89. The van der Waals surface area contributed by atoms with Gasteiger partial charge in [-0.1, -0.05) is 49.3 Å². The molecule has 0 aliphatic carbocycles. The molecule has 0 aliphatic heterocycles. The van der Waals surface area contributed by atoms with Gasteiger partial charge in [-0.2, -0.15) is 4.98 Å². The molecule has 3 heterocycles. The molecule has 0 aliphatic rings. The number of hydrogen-bond donors (Lipinski definition) is 2. The van der Waals surface area contributed by atoms with Crippen LogP contribution in [0, 0.1) is 5.92 Å². The van der Waals surface area contributed by atoms with Crippen molar-refractivity contribution in [3.8, 4) is 11.4 Å². The topological polar surface area (TPSA) is 123 Å². The average molecular weight is 496 g/mol. The molecule has 2 N–H and O–H groups in total. The molecule has 0 saturated heterocycles. The minimum absolute atomic E-state index is 0.0296. The number of nitrogens with one attached hydrogen (secondary N) is 2. The standard InChI is InChI=1S/C28H25N5O4/c1-17(2)25(28-32-26(33-37-28)20-7-5-13-29-16-20)31-24(34)14-18-9-11-21(12-10-18)30-27(35)23-15-19-6-3-4-8-22(19)36-23/h3-13,15-17,25H,14H2,1-2H3,(H,30,35)(H,31,34). The first-order valence-electron chi connectivity index (χ1n) is 11.9. The van der Waals surface area contributed by atoms with Crippen LogP contribution in [0.2, 0.25) is 0 Å². The van der Waals surface area contributed by atoms with Crippen molar-refractivity contribution < 1.29 is 18.5 Å². The lowest BCUT2D eigenvalue weighted by molar-refractivity contribution is -0.121. The van der Waals surface area contributed by atoms with Crippen molar-refractivity contribution in [1.29, 1.82) is 0 Å². The van der Waals surface area contributed by atoms with Crippen LogP contribution in [-0.2, 0) is 11.2 Å². The van der Waals surface area contributed by atoms with E-state index in [4.69, 9.17) is 8.94 Å². The summed E-state index contributed by atoms with van der Waals surface area (Å²) >= 11 is 0. The number of carbonyl (C=O) groups is 2. The van der Waals surface area contributed by atoms with Crippen LogP contribution in [0.3, 0.4) is 0 Å². The molecule has 186 valence electrons. The largest absolute Gasteiger partial charge is 0.451 e. The van der Waals surface area contributed by atoms with E-state index in [1.54, 1.807) is 48.8 Å². The summed E-state index contributed by atoms with van der Waals surface area (Å²) in [6.45, 7) is 3.94. The number of para-hydroxylation sites is 1. The van der Waals surface area contributed by atoms with Gasteiger partial charge in [0, 0.05) is 29.0 Å². The number of benzene rings is 2. The monoisotopic (exact) mass is 495 g/mol. The maximum absolute atomic E-state index is 12.8. The van der Waals surface area contributed by atoms with Gasteiger partial charge >= 0.3 is 0 Å². The van der Waals surface area contributed by atoms with Crippen LogP contribution in [0.5, 0.6) is 0 Å². The Hall–Kier alpha value is -4.79. The van der Waals surface area contributed by atoms with E-state index in [0.717, 1.165) is 16.5 Å². The van der Waals surface area contributed by atoms with Gasteiger partial charge in [0.15, 0.2) is 5.76 Å². The Morgan fingerprint density at radius 3 is 2.54 bits per heavy atom. The van der Waals surface area contributed by atoms with Crippen molar-refractivity contribution in [2.45, 2.75) is 26.3 Å². The van der Waals surface area contributed by atoms with Crippen molar-refractivity contribution in [2.75, 3.05) is 5.32 Å². The number of hydrogen-bond acceptors (Lipinski definition) is 7. The van der Waals surface area contributed by atoms with Gasteiger partial charge in [-0.15, -0.1) is 0 Å². The lowest BCUT2D eigenvalue weighted by Crippen LogP contribution is -2.33. The summed E-state index contributed by atoms with van der Waals surface area (Å²) in [5, 5.41) is 10.7. The molecule has 2 amide bonds. The van der Waals surface area contributed by atoms with Gasteiger partial charge in [-0.25, -0.2) is 0 Å². The SMILES string of the molecule is CC(C)C(NC(=O)Cc1ccc(NC(=O)c2cc3ccccc3o2)cc1)c1nc(-c2cccnc2)no1. The Kier molecular flexibility index (Phi) is 6.76. The zero-order valence-corrected chi connectivity index (χ0v) is 20.3. The summed E-state index contributed by atoms with van der Waals surface area (Å²) in [7, 11) is 0. The molecule has 9 nitrogen and oxygen atoms in total. The molecule has 2 aromatic carbocycles. The summed E-state index contributed by atoms with van der Waals surface area (Å²) in [4.78, 5) is 33.9. The third kappa shape index (κ3) is 5.56. The summed E-state index contributed by atoms with van der Waals surface area (Å²) < 4.78 is 11.1. The van der Waals surface area contributed by atoms with E-state index in [0.29, 0.717) is 23.0 Å². The molecule has 0 saturated carbocycles. The van der Waals surface area contributed by atoms with Crippen molar-refractivity contribution in [1.82, 2.24) is 20.4 Å². The minimum Gasteiger partial charge on any atom is -0.451 e. The predicted octanol–water partition coefficient (Wildman–Crippen LogP) is 5.19.